The largest absolute Gasteiger partial charge is 0.289 e. The fourth-order valence-corrected chi connectivity index (χ4v) is 4.51. The third-order valence-corrected chi connectivity index (χ3v) is 6.30. The third kappa shape index (κ3) is 4.88. The van der Waals surface area contributed by atoms with E-state index >= 15 is 0 Å². The molecule has 1 amide bonds. The van der Waals surface area contributed by atoms with Crippen molar-refractivity contribution in [3.63, 3.8) is 0 Å². The molecule has 0 aliphatic carbocycles. The summed E-state index contributed by atoms with van der Waals surface area (Å²) in [5.74, 6) is 0.0187. The molecule has 0 aliphatic heterocycles. The number of nitrogens with one attached hydrogen (secondary N) is 3. The second-order valence-corrected chi connectivity index (χ2v) is 8.93. The van der Waals surface area contributed by atoms with Crippen molar-refractivity contribution in [1.29, 1.82) is 0 Å². The topological polar surface area (TPSA) is 130 Å². The zero-order valence-electron chi connectivity index (χ0n) is 16.1. The highest BCUT2D eigenvalue weighted by Crippen LogP contribution is 2.27. The van der Waals surface area contributed by atoms with Crippen LogP contribution in [-0.2, 0) is 10.0 Å². The number of pyridine rings is 1. The summed E-state index contributed by atoms with van der Waals surface area (Å²) in [6.45, 7) is 0. The molecule has 0 saturated heterocycles. The van der Waals surface area contributed by atoms with E-state index in [1.165, 1.54) is 42.5 Å². The number of sulfonamides is 1. The van der Waals surface area contributed by atoms with Crippen LogP contribution in [-0.4, -0.2) is 34.5 Å². The Bertz CT molecular complexity index is 1380. The Kier molecular flexibility index (Phi) is 6.08. The molecule has 0 fully saturated rings. The lowest BCUT2D eigenvalue weighted by Gasteiger charge is -2.10. The second-order valence-electron chi connectivity index (χ2n) is 6.43. The van der Waals surface area contributed by atoms with Crippen LogP contribution in [0.3, 0.4) is 0 Å². The molecule has 0 spiro atoms. The van der Waals surface area contributed by atoms with Crippen molar-refractivity contribution in [2.45, 2.75) is 4.90 Å². The van der Waals surface area contributed by atoms with E-state index in [0.717, 1.165) is 0 Å². The molecule has 0 radical (unpaired) electrons. The molecule has 0 aliphatic rings. The van der Waals surface area contributed by atoms with Crippen LogP contribution in [0, 0.1) is 0 Å². The van der Waals surface area contributed by atoms with Crippen molar-refractivity contribution in [3.8, 4) is 11.5 Å². The molecule has 4 rings (SSSR count). The zero-order valence-corrected chi connectivity index (χ0v) is 18.4. The summed E-state index contributed by atoms with van der Waals surface area (Å²) in [4.78, 5) is 20.7. The molecule has 4 aromatic rings. The standard InChI is InChI=1S/C20H14Cl2N6O3S/c21-13-6-9-15(22)17(11-13)32(30,31)28-14-7-4-12(5-8-14)19(29)25-20-24-18(26-27-20)16-3-1-2-10-23-16/h1-11,28H,(H2,24,25,26,27,29). The highest BCUT2D eigenvalue weighted by atomic mass is 35.5. The molecule has 2 aromatic heterocycles. The lowest BCUT2D eigenvalue weighted by molar-refractivity contribution is 0.102. The van der Waals surface area contributed by atoms with Crippen LogP contribution in [0.1, 0.15) is 10.4 Å². The maximum atomic E-state index is 12.6. The number of aromatic amines is 1. The van der Waals surface area contributed by atoms with Crippen LogP contribution in [0.4, 0.5) is 11.6 Å². The molecular weight excluding hydrogens is 475 g/mol. The van der Waals surface area contributed by atoms with Gasteiger partial charge in [0.15, 0.2) is 5.82 Å². The van der Waals surface area contributed by atoms with Gasteiger partial charge in [0, 0.05) is 22.5 Å². The van der Waals surface area contributed by atoms with E-state index in [1.54, 1.807) is 24.4 Å². The van der Waals surface area contributed by atoms with E-state index in [9.17, 15) is 13.2 Å². The van der Waals surface area contributed by atoms with Crippen molar-refractivity contribution in [3.05, 3.63) is 82.5 Å². The highest BCUT2D eigenvalue weighted by molar-refractivity contribution is 7.92. The summed E-state index contributed by atoms with van der Waals surface area (Å²) in [7, 11) is -3.97. The monoisotopic (exact) mass is 488 g/mol. The first kappa shape index (κ1) is 21.8. The van der Waals surface area contributed by atoms with Crippen LogP contribution in [0.15, 0.2) is 71.8 Å². The molecule has 32 heavy (non-hydrogen) atoms. The van der Waals surface area contributed by atoms with E-state index in [1.807, 2.05) is 0 Å². The average Bonchev–Trinajstić information content (AvgIpc) is 3.24. The van der Waals surface area contributed by atoms with Gasteiger partial charge in [0.25, 0.3) is 15.9 Å². The summed E-state index contributed by atoms with van der Waals surface area (Å²) >= 11 is 11.9. The minimum Gasteiger partial charge on any atom is -0.289 e. The smallest absolute Gasteiger partial charge is 0.263 e. The molecule has 0 atom stereocenters. The minimum atomic E-state index is -3.97. The molecule has 0 saturated carbocycles. The van der Waals surface area contributed by atoms with Gasteiger partial charge in [-0.15, -0.1) is 5.10 Å². The number of H-pyrrole nitrogens is 1. The lowest BCUT2D eigenvalue weighted by Crippen LogP contribution is -2.15. The molecular formula is C20H14Cl2N6O3S. The second kappa shape index (κ2) is 8.95. The van der Waals surface area contributed by atoms with Gasteiger partial charge in [-0.25, -0.2) is 8.42 Å². The Morgan fingerprint density at radius 2 is 1.78 bits per heavy atom. The molecule has 2 aromatic carbocycles. The molecule has 9 nitrogen and oxygen atoms in total. The quantitative estimate of drug-likeness (QED) is 0.372. The van der Waals surface area contributed by atoms with Gasteiger partial charge in [-0.2, -0.15) is 4.98 Å². The van der Waals surface area contributed by atoms with Crippen molar-refractivity contribution in [2.75, 3.05) is 10.0 Å². The first-order valence-corrected chi connectivity index (χ1v) is 11.3. The maximum absolute atomic E-state index is 12.6. The molecule has 2 heterocycles. The summed E-state index contributed by atoms with van der Waals surface area (Å²) in [5.41, 5.74) is 1.10. The predicted molar refractivity (Wildman–Crippen MR) is 121 cm³/mol. The maximum Gasteiger partial charge on any atom is 0.263 e. The number of aromatic nitrogens is 4. The highest BCUT2D eigenvalue weighted by Gasteiger charge is 2.19. The molecule has 0 unspecified atom stereocenters. The van der Waals surface area contributed by atoms with Gasteiger partial charge >= 0.3 is 0 Å². The summed E-state index contributed by atoms with van der Waals surface area (Å²) < 4.78 is 27.6. The first-order chi connectivity index (χ1) is 15.3. The zero-order chi connectivity index (χ0) is 22.7. The van der Waals surface area contributed by atoms with Crippen molar-refractivity contribution >= 4 is 50.8 Å². The Balaban J connectivity index is 1.45. The van der Waals surface area contributed by atoms with E-state index in [0.29, 0.717) is 11.5 Å². The number of hydrogen-bond acceptors (Lipinski definition) is 6. The Morgan fingerprint density at radius 3 is 2.50 bits per heavy atom. The number of rotatable bonds is 6. The fraction of sp³-hybridized carbons (Fsp3) is 0. The van der Waals surface area contributed by atoms with E-state index in [-0.39, 0.29) is 32.1 Å². The van der Waals surface area contributed by atoms with Crippen molar-refractivity contribution in [1.82, 2.24) is 20.2 Å². The van der Waals surface area contributed by atoms with Gasteiger partial charge in [0.1, 0.15) is 10.6 Å². The average molecular weight is 489 g/mol. The van der Waals surface area contributed by atoms with Crippen LogP contribution < -0.4 is 10.0 Å². The third-order valence-electron chi connectivity index (χ3n) is 4.20. The van der Waals surface area contributed by atoms with Crippen LogP contribution in [0.25, 0.3) is 11.5 Å². The van der Waals surface area contributed by atoms with Gasteiger partial charge in [0.2, 0.25) is 5.95 Å². The number of carbonyl (C=O) groups excluding carboxylic acids is 1. The SMILES string of the molecule is O=C(Nc1n[nH]c(-c2ccccn2)n1)c1ccc(NS(=O)(=O)c2cc(Cl)ccc2Cl)cc1. The van der Waals surface area contributed by atoms with Crippen LogP contribution in [0.5, 0.6) is 0 Å². The van der Waals surface area contributed by atoms with Crippen LogP contribution in [0.2, 0.25) is 10.0 Å². The van der Waals surface area contributed by atoms with Gasteiger partial charge in [-0.05, 0) is 54.6 Å². The van der Waals surface area contributed by atoms with Crippen LogP contribution >= 0.6 is 23.2 Å². The Morgan fingerprint density at radius 1 is 1.00 bits per heavy atom. The van der Waals surface area contributed by atoms with Crippen molar-refractivity contribution in [2.24, 2.45) is 0 Å². The van der Waals surface area contributed by atoms with E-state index in [4.69, 9.17) is 23.2 Å². The lowest BCUT2D eigenvalue weighted by atomic mass is 10.2. The van der Waals surface area contributed by atoms with E-state index in [2.05, 4.69) is 30.2 Å². The Hall–Kier alpha value is -3.47. The number of anilines is 2. The molecule has 3 N–H and O–H groups in total. The van der Waals surface area contributed by atoms with Gasteiger partial charge < -0.3 is 0 Å². The predicted octanol–water partition coefficient (Wildman–Crippen LogP) is 4.23. The number of hydrogen-bond donors (Lipinski definition) is 3. The summed E-state index contributed by atoms with van der Waals surface area (Å²) in [6, 6.07) is 15.3. The Labute approximate surface area is 192 Å². The summed E-state index contributed by atoms with van der Waals surface area (Å²) in [5, 5.41) is 9.49. The van der Waals surface area contributed by atoms with Crippen molar-refractivity contribution < 1.29 is 13.2 Å². The number of amides is 1. The van der Waals surface area contributed by atoms with Gasteiger partial charge in [-0.3, -0.25) is 24.9 Å². The van der Waals surface area contributed by atoms with E-state index < -0.39 is 15.9 Å². The fourth-order valence-electron chi connectivity index (χ4n) is 2.69. The normalized spacial score (nSPS) is 11.2. The minimum absolute atomic E-state index is 0.0365. The number of carbonyl (C=O) groups is 1. The number of halogens is 2. The molecule has 12 heteroatoms. The number of nitrogens with zero attached hydrogens (tertiary/aromatic N) is 3. The molecule has 0 bridgehead atoms. The van der Waals surface area contributed by atoms with Gasteiger partial charge in [-0.1, -0.05) is 29.3 Å². The first-order valence-electron chi connectivity index (χ1n) is 9.05. The molecule has 162 valence electrons. The summed E-state index contributed by atoms with van der Waals surface area (Å²) in [6.07, 6.45) is 1.62. The number of benzene rings is 2. The van der Waals surface area contributed by atoms with Gasteiger partial charge in [0.05, 0.1) is 5.02 Å².